The van der Waals surface area contributed by atoms with Crippen molar-refractivity contribution in [1.82, 2.24) is 20.1 Å². The largest absolute Gasteiger partial charge is 0.464 e. The van der Waals surface area contributed by atoms with Crippen molar-refractivity contribution in [2.45, 2.75) is 19.0 Å². The van der Waals surface area contributed by atoms with E-state index in [2.05, 4.69) is 20.1 Å². The minimum Gasteiger partial charge on any atom is -0.464 e. The van der Waals surface area contributed by atoms with Gasteiger partial charge in [0.2, 0.25) is 0 Å². The summed E-state index contributed by atoms with van der Waals surface area (Å²) < 4.78 is 11.4. The van der Waals surface area contributed by atoms with Crippen LogP contribution in [0.15, 0.2) is 40.9 Å². The average Bonchev–Trinajstić information content (AvgIpc) is 3.24. The minimum absolute atomic E-state index is 0.00661. The van der Waals surface area contributed by atoms with Crippen molar-refractivity contribution >= 4 is 17.3 Å². The molecule has 6 nitrogen and oxygen atoms in total. The van der Waals surface area contributed by atoms with E-state index in [4.69, 9.17) is 21.4 Å². The summed E-state index contributed by atoms with van der Waals surface area (Å²) in [5.74, 6) is 1.83. The highest BCUT2D eigenvalue weighted by Gasteiger charge is 2.41. The third-order valence-corrected chi connectivity index (χ3v) is 5.36. The number of hydrogen-bond acceptors (Lipinski definition) is 5. The zero-order chi connectivity index (χ0) is 17.9. The van der Waals surface area contributed by atoms with Gasteiger partial charge < -0.3 is 19.4 Å². The van der Waals surface area contributed by atoms with Gasteiger partial charge in [0.15, 0.2) is 5.11 Å². The van der Waals surface area contributed by atoms with E-state index in [1.165, 1.54) is 0 Å². The Morgan fingerprint density at radius 1 is 1.19 bits per heavy atom. The van der Waals surface area contributed by atoms with Crippen LogP contribution in [0.5, 0.6) is 0 Å². The van der Waals surface area contributed by atoms with E-state index >= 15 is 0 Å². The van der Waals surface area contributed by atoms with Crippen molar-refractivity contribution in [3.63, 3.8) is 0 Å². The van der Waals surface area contributed by atoms with Crippen LogP contribution in [0.2, 0.25) is 0 Å². The first-order chi connectivity index (χ1) is 12.7. The normalized spacial score (nSPS) is 24.0. The summed E-state index contributed by atoms with van der Waals surface area (Å²) in [6, 6.07) is 10.0. The van der Waals surface area contributed by atoms with E-state index in [-0.39, 0.29) is 12.1 Å². The van der Waals surface area contributed by atoms with Crippen LogP contribution in [0.25, 0.3) is 0 Å². The van der Waals surface area contributed by atoms with Gasteiger partial charge in [-0.3, -0.25) is 9.88 Å². The maximum Gasteiger partial charge on any atom is 0.170 e. The van der Waals surface area contributed by atoms with Crippen molar-refractivity contribution in [3.8, 4) is 0 Å². The molecule has 4 heterocycles. The maximum absolute atomic E-state index is 5.99. The van der Waals surface area contributed by atoms with Gasteiger partial charge in [0, 0.05) is 32.4 Å². The first-order valence-corrected chi connectivity index (χ1v) is 9.48. The number of hydrogen-bond donors (Lipinski definition) is 1. The molecule has 0 amide bonds. The second-order valence-corrected chi connectivity index (χ2v) is 7.11. The number of furan rings is 1. The van der Waals surface area contributed by atoms with E-state index in [1.807, 2.05) is 43.5 Å². The topological polar surface area (TPSA) is 53.8 Å². The molecule has 0 aliphatic carbocycles. The number of nitrogens with zero attached hydrogens (tertiary/aromatic N) is 3. The number of aryl methyl sites for hydroxylation is 1. The van der Waals surface area contributed by atoms with Gasteiger partial charge in [-0.1, -0.05) is 6.07 Å². The number of aromatic nitrogens is 1. The van der Waals surface area contributed by atoms with Crippen LogP contribution >= 0.6 is 12.2 Å². The molecule has 0 unspecified atom stereocenters. The van der Waals surface area contributed by atoms with Crippen molar-refractivity contribution in [2.75, 3.05) is 39.4 Å². The highest BCUT2D eigenvalue weighted by molar-refractivity contribution is 7.80. The molecule has 7 heteroatoms. The summed E-state index contributed by atoms with van der Waals surface area (Å²) in [6.45, 7) is 7.33. The summed E-state index contributed by atoms with van der Waals surface area (Å²) in [6.07, 6.45) is 1.82. The highest BCUT2D eigenvalue weighted by Crippen LogP contribution is 2.38. The Morgan fingerprint density at radius 2 is 2.04 bits per heavy atom. The van der Waals surface area contributed by atoms with Gasteiger partial charge in [-0.05, 0) is 43.4 Å². The average molecular weight is 372 g/mol. The van der Waals surface area contributed by atoms with Gasteiger partial charge >= 0.3 is 0 Å². The first-order valence-electron chi connectivity index (χ1n) is 9.07. The number of nitrogens with one attached hydrogen (secondary N) is 1. The Balaban J connectivity index is 1.57. The molecular weight excluding hydrogens is 348 g/mol. The zero-order valence-electron chi connectivity index (χ0n) is 14.9. The monoisotopic (exact) mass is 372 g/mol. The van der Waals surface area contributed by atoms with Gasteiger partial charge in [-0.25, -0.2) is 0 Å². The number of ether oxygens (including phenoxy) is 1. The van der Waals surface area contributed by atoms with Gasteiger partial charge in [0.25, 0.3) is 0 Å². The predicted octanol–water partition coefficient (Wildman–Crippen LogP) is 2.29. The Labute approximate surface area is 159 Å². The lowest BCUT2D eigenvalue weighted by Gasteiger charge is -2.31. The molecule has 0 bridgehead atoms. The van der Waals surface area contributed by atoms with Crippen LogP contribution in [0.3, 0.4) is 0 Å². The Bertz CT molecular complexity index is 745. The van der Waals surface area contributed by atoms with E-state index in [0.29, 0.717) is 0 Å². The van der Waals surface area contributed by atoms with Gasteiger partial charge in [0.1, 0.15) is 17.6 Å². The lowest BCUT2D eigenvalue weighted by Crippen LogP contribution is -2.42. The smallest absolute Gasteiger partial charge is 0.170 e. The molecular formula is C19H24N4O2S. The van der Waals surface area contributed by atoms with Crippen LogP contribution in [0.1, 0.15) is 29.3 Å². The Morgan fingerprint density at radius 3 is 2.73 bits per heavy atom. The zero-order valence-corrected chi connectivity index (χ0v) is 15.7. The molecule has 0 aromatic carbocycles. The Kier molecular flexibility index (Phi) is 5.19. The molecule has 1 N–H and O–H groups in total. The molecule has 138 valence electrons. The fraction of sp³-hybridized carbons (Fsp3) is 0.474. The Hall–Kier alpha value is -1.96. The van der Waals surface area contributed by atoms with Crippen LogP contribution in [-0.4, -0.2) is 59.3 Å². The van der Waals surface area contributed by atoms with E-state index < -0.39 is 0 Å². The first kappa shape index (κ1) is 17.5. The van der Waals surface area contributed by atoms with Crippen LogP contribution in [-0.2, 0) is 4.74 Å². The molecule has 26 heavy (non-hydrogen) atoms. The number of pyridine rings is 1. The van der Waals surface area contributed by atoms with Crippen molar-refractivity contribution in [3.05, 3.63) is 53.7 Å². The van der Waals surface area contributed by atoms with Gasteiger partial charge in [-0.2, -0.15) is 0 Å². The SMILES string of the molecule is Cc1ccc([C@H]2[C@H](c3ccccn3)NC(=S)N2CCN2CCOCC2)o1. The molecule has 2 saturated heterocycles. The molecule has 0 spiro atoms. The predicted molar refractivity (Wildman–Crippen MR) is 103 cm³/mol. The molecule has 2 aromatic rings. The highest BCUT2D eigenvalue weighted by atomic mass is 32.1. The van der Waals surface area contributed by atoms with Crippen LogP contribution in [0, 0.1) is 6.92 Å². The summed E-state index contributed by atoms with van der Waals surface area (Å²) in [4.78, 5) is 9.20. The number of rotatable bonds is 5. The fourth-order valence-corrected chi connectivity index (χ4v) is 3.97. The molecule has 0 saturated carbocycles. The minimum atomic E-state index is -0.0149. The van der Waals surface area contributed by atoms with E-state index in [1.54, 1.807) is 0 Å². The lowest BCUT2D eigenvalue weighted by molar-refractivity contribution is 0.0347. The summed E-state index contributed by atoms with van der Waals surface area (Å²) in [5.41, 5.74) is 0.975. The standard InChI is InChI=1S/C19H24N4O2S/c1-14-5-6-16(25-14)18-17(15-4-2-3-7-20-15)21-19(26)23(18)9-8-22-10-12-24-13-11-22/h2-7,17-18H,8-13H2,1H3,(H,21,26)/t17-,18-/m0/s1. The van der Waals surface area contributed by atoms with Crippen molar-refractivity contribution < 1.29 is 9.15 Å². The summed E-state index contributed by atoms with van der Waals surface area (Å²) in [5, 5.41) is 4.21. The molecule has 4 rings (SSSR count). The third-order valence-electron chi connectivity index (χ3n) is 5.01. The van der Waals surface area contributed by atoms with Gasteiger partial charge in [0.05, 0.1) is 24.9 Å². The molecule has 2 atom stereocenters. The van der Waals surface area contributed by atoms with Crippen LogP contribution < -0.4 is 5.32 Å². The molecule has 2 aliphatic rings. The number of thiocarbonyl (C=S) groups is 1. The van der Waals surface area contributed by atoms with Crippen molar-refractivity contribution in [2.24, 2.45) is 0 Å². The van der Waals surface area contributed by atoms with E-state index in [9.17, 15) is 0 Å². The number of morpholine rings is 1. The van der Waals surface area contributed by atoms with Crippen LogP contribution in [0.4, 0.5) is 0 Å². The lowest BCUT2D eigenvalue weighted by atomic mass is 10.0. The quantitative estimate of drug-likeness (QED) is 0.808. The second kappa shape index (κ2) is 7.73. The molecule has 2 aliphatic heterocycles. The molecule has 2 fully saturated rings. The van der Waals surface area contributed by atoms with Gasteiger partial charge in [-0.15, -0.1) is 0 Å². The fourth-order valence-electron chi connectivity index (χ4n) is 3.64. The molecule has 0 radical (unpaired) electrons. The molecule has 2 aromatic heterocycles. The third kappa shape index (κ3) is 3.60. The maximum atomic E-state index is 5.99. The second-order valence-electron chi connectivity index (χ2n) is 6.72. The van der Waals surface area contributed by atoms with E-state index in [0.717, 1.165) is 61.7 Å². The summed E-state index contributed by atoms with van der Waals surface area (Å²) >= 11 is 5.67. The van der Waals surface area contributed by atoms with Crippen molar-refractivity contribution in [1.29, 1.82) is 0 Å². The summed E-state index contributed by atoms with van der Waals surface area (Å²) in [7, 11) is 0.